The van der Waals surface area contributed by atoms with E-state index in [1.807, 2.05) is 0 Å². The molecule has 2 N–H and O–H groups in total. The van der Waals surface area contributed by atoms with Crippen LogP contribution in [0.15, 0.2) is 42.5 Å². The highest BCUT2D eigenvalue weighted by atomic mass is 32.1. The summed E-state index contributed by atoms with van der Waals surface area (Å²) in [6.07, 6.45) is -1.40. The number of aromatic nitrogens is 1. The predicted molar refractivity (Wildman–Crippen MR) is 94.1 cm³/mol. The summed E-state index contributed by atoms with van der Waals surface area (Å²) in [6.45, 7) is -0.102. The van der Waals surface area contributed by atoms with E-state index in [9.17, 15) is 13.2 Å². The van der Waals surface area contributed by atoms with Crippen molar-refractivity contribution in [3.8, 4) is 0 Å². The van der Waals surface area contributed by atoms with E-state index in [1.165, 1.54) is 41.7 Å². The molecule has 3 nitrogen and oxygen atoms in total. The molecule has 0 amide bonds. The van der Waals surface area contributed by atoms with Crippen LogP contribution >= 0.6 is 23.6 Å². The summed E-state index contributed by atoms with van der Waals surface area (Å²) in [5.74, 6) is -0.827. The van der Waals surface area contributed by atoms with Crippen LogP contribution in [-0.4, -0.2) is 16.6 Å². The molecular formula is C16H12F3N3S2. The number of hydrogen-bond donors (Lipinski definition) is 2. The van der Waals surface area contributed by atoms with Crippen LogP contribution in [0.3, 0.4) is 0 Å². The van der Waals surface area contributed by atoms with Gasteiger partial charge in [0.1, 0.15) is 17.8 Å². The summed E-state index contributed by atoms with van der Waals surface area (Å²) >= 11 is 6.33. The van der Waals surface area contributed by atoms with Gasteiger partial charge in [-0.05, 0) is 48.1 Å². The SMILES string of the molecule is Fc1cccc(C(F)CNC(=S)Nc2nc3ccc(F)cc3s2)c1. The number of anilines is 1. The first kappa shape index (κ1) is 16.7. The second kappa shape index (κ2) is 7.14. The Kier molecular flexibility index (Phi) is 4.96. The number of benzene rings is 2. The highest BCUT2D eigenvalue weighted by Gasteiger charge is 2.12. The number of nitrogens with one attached hydrogen (secondary N) is 2. The summed E-state index contributed by atoms with van der Waals surface area (Å²) < 4.78 is 41.0. The number of nitrogens with zero attached hydrogens (tertiary/aromatic N) is 1. The van der Waals surface area contributed by atoms with Crippen molar-refractivity contribution in [1.29, 1.82) is 0 Å². The van der Waals surface area contributed by atoms with E-state index in [0.717, 1.165) is 6.07 Å². The normalized spacial score (nSPS) is 12.1. The zero-order valence-electron chi connectivity index (χ0n) is 12.2. The topological polar surface area (TPSA) is 37.0 Å². The molecule has 2 aromatic carbocycles. The molecule has 0 radical (unpaired) electrons. The van der Waals surface area contributed by atoms with E-state index in [1.54, 1.807) is 6.07 Å². The Labute approximate surface area is 145 Å². The minimum atomic E-state index is -1.40. The Morgan fingerprint density at radius 2 is 1.96 bits per heavy atom. The number of hydrogen-bond acceptors (Lipinski definition) is 3. The van der Waals surface area contributed by atoms with Gasteiger partial charge in [0.05, 0.1) is 16.8 Å². The lowest BCUT2D eigenvalue weighted by molar-refractivity contribution is 0.342. The fourth-order valence-electron chi connectivity index (χ4n) is 2.09. The van der Waals surface area contributed by atoms with Gasteiger partial charge in [-0.3, -0.25) is 0 Å². The van der Waals surface area contributed by atoms with Crippen molar-refractivity contribution in [2.45, 2.75) is 6.17 Å². The molecule has 0 saturated carbocycles. The molecule has 1 heterocycles. The third-order valence-electron chi connectivity index (χ3n) is 3.22. The van der Waals surface area contributed by atoms with Crippen LogP contribution in [0.5, 0.6) is 0 Å². The third kappa shape index (κ3) is 4.01. The van der Waals surface area contributed by atoms with Gasteiger partial charge in [0.2, 0.25) is 0 Å². The van der Waals surface area contributed by atoms with E-state index in [0.29, 0.717) is 15.3 Å². The number of thiocarbonyl (C=S) groups is 1. The van der Waals surface area contributed by atoms with E-state index < -0.39 is 12.0 Å². The standard InChI is InChI=1S/C16H12F3N3S2/c17-10-3-1-2-9(6-10)12(19)8-20-15(23)22-16-21-13-5-4-11(18)7-14(13)24-16/h1-7,12H,8H2,(H2,20,21,22,23). The molecule has 3 aromatic rings. The summed E-state index contributed by atoms with van der Waals surface area (Å²) in [5, 5.41) is 6.22. The first-order valence-corrected chi connectivity index (χ1v) is 8.24. The van der Waals surface area contributed by atoms with E-state index in [4.69, 9.17) is 12.2 Å². The van der Waals surface area contributed by atoms with Gasteiger partial charge in [0, 0.05) is 0 Å². The first-order chi connectivity index (χ1) is 11.5. The molecule has 0 aliphatic rings. The zero-order valence-corrected chi connectivity index (χ0v) is 13.9. The molecule has 1 atom stereocenters. The minimum Gasteiger partial charge on any atom is -0.359 e. The fraction of sp³-hybridized carbons (Fsp3) is 0.125. The largest absolute Gasteiger partial charge is 0.359 e. The van der Waals surface area contributed by atoms with Gasteiger partial charge in [-0.2, -0.15) is 0 Å². The molecule has 0 aliphatic heterocycles. The summed E-state index contributed by atoms with van der Waals surface area (Å²) in [7, 11) is 0. The van der Waals surface area contributed by atoms with Gasteiger partial charge < -0.3 is 10.6 Å². The Morgan fingerprint density at radius 1 is 1.17 bits per heavy atom. The maximum Gasteiger partial charge on any atom is 0.190 e. The van der Waals surface area contributed by atoms with Crippen LogP contribution in [-0.2, 0) is 0 Å². The molecule has 0 saturated heterocycles. The number of thiazole rings is 1. The number of rotatable bonds is 4. The Hall–Kier alpha value is -2.19. The van der Waals surface area contributed by atoms with Gasteiger partial charge in [-0.1, -0.05) is 23.5 Å². The predicted octanol–water partition coefficient (Wildman–Crippen LogP) is 4.57. The molecule has 124 valence electrons. The monoisotopic (exact) mass is 367 g/mol. The number of fused-ring (bicyclic) bond motifs is 1. The van der Waals surface area contributed by atoms with Crippen molar-refractivity contribution in [1.82, 2.24) is 10.3 Å². The van der Waals surface area contributed by atoms with Crippen molar-refractivity contribution >= 4 is 44.0 Å². The molecule has 8 heteroatoms. The fourth-order valence-corrected chi connectivity index (χ4v) is 3.23. The van der Waals surface area contributed by atoms with E-state index in [2.05, 4.69) is 15.6 Å². The maximum atomic E-state index is 14.1. The molecule has 0 fully saturated rings. The van der Waals surface area contributed by atoms with Crippen LogP contribution in [0.2, 0.25) is 0 Å². The highest BCUT2D eigenvalue weighted by Crippen LogP contribution is 2.26. The molecule has 0 aliphatic carbocycles. The average molecular weight is 367 g/mol. The molecule has 24 heavy (non-hydrogen) atoms. The van der Waals surface area contributed by atoms with Crippen LogP contribution in [0.25, 0.3) is 10.2 Å². The van der Waals surface area contributed by atoms with E-state index >= 15 is 0 Å². The maximum absolute atomic E-state index is 14.1. The Balaban J connectivity index is 1.58. The van der Waals surface area contributed by atoms with Crippen LogP contribution in [0.4, 0.5) is 18.3 Å². The third-order valence-corrected chi connectivity index (χ3v) is 4.40. The van der Waals surface area contributed by atoms with E-state index in [-0.39, 0.29) is 23.0 Å². The van der Waals surface area contributed by atoms with Crippen LogP contribution < -0.4 is 10.6 Å². The van der Waals surface area contributed by atoms with Crippen molar-refractivity contribution in [2.75, 3.05) is 11.9 Å². The van der Waals surface area contributed by atoms with Gasteiger partial charge >= 0.3 is 0 Å². The van der Waals surface area contributed by atoms with Gasteiger partial charge in [-0.25, -0.2) is 18.2 Å². The lowest BCUT2D eigenvalue weighted by Crippen LogP contribution is -2.31. The first-order valence-electron chi connectivity index (χ1n) is 7.02. The Morgan fingerprint density at radius 3 is 2.75 bits per heavy atom. The van der Waals surface area contributed by atoms with Crippen LogP contribution in [0.1, 0.15) is 11.7 Å². The Bertz CT molecular complexity index is 882. The lowest BCUT2D eigenvalue weighted by Gasteiger charge is -2.12. The molecule has 0 spiro atoms. The number of halogens is 3. The highest BCUT2D eigenvalue weighted by molar-refractivity contribution is 7.80. The van der Waals surface area contributed by atoms with Crippen molar-refractivity contribution in [2.24, 2.45) is 0 Å². The molecule has 1 aromatic heterocycles. The molecular weight excluding hydrogens is 355 g/mol. The van der Waals surface area contributed by atoms with Crippen molar-refractivity contribution in [3.05, 3.63) is 59.7 Å². The minimum absolute atomic E-state index is 0.102. The average Bonchev–Trinajstić information content (AvgIpc) is 2.93. The van der Waals surface area contributed by atoms with Gasteiger partial charge in [0.15, 0.2) is 10.2 Å². The number of alkyl halides is 1. The van der Waals surface area contributed by atoms with Gasteiger partial charge in [-0.15, -0.1) is 0 Å². The summed E-state index contributed by atoms with van der Waals surface area (Å²) in [6, 6.07) is 9.65. The zero-order chi connectivity index (χ0) is 17.1. The lowest BCUT2D eigenvalue weighted by atomic mass is 10.1. The second-order valence-corrected chi connectivity index (χ2v) is 6.43. The molecule has 3 rings (SSSR count). The molecule has 0 bridgehead atoms. The summed E-state index contributed by atoms with van der Waals surface area (Å²) in [5.41, 5.74) is 0.885. The van der Waals surface area contributed by atoms with Crippen LogP contribution in [0, 0.1) is 11.6 Å². The quantitative estimate of drug-likeness (QED) is 0.663. The van der Waals surface area contributed by atoms with Gasteiger partial charge in [0.25, 0.3) is 0 Å². The van der Waals surface area contributed by atoms with Crippen molar-refractivity contribution in [3.63, 3.8) is 0 Å². The second-order valence-electron chi connectivity index (χ2n) is 4.99. The summed E-state index contributed by atoms with van der Waals surface area (Å²) in [4.78, 5) is 4.26. The van der Waals surface area contributed by atoms with Crippen molar-refractivity contribution < 1.29 is 13.2 Å². The molecule has 1 unspecified atom stereocenters. The smallest absolute Gasteiger partial charge is 0.190 e.